The minimum absolute atomic E-state index is 0.0236. The molecule has 2 fully saturated rings. The lowest BCUT2D eigenvalue weighted by Gasteiger charge is -2.35. The number of cyclic esters (lactones) is 1. The Kier molecular flexibility index (Phi) is 2.74. The van der Waals surface area contributed by atoms with Crippen molar-refractivity contribution in [2.24, 2.45) is 0 Å². The largest absolute Gasteiger partial charge is 0.447 e. The number of nitrogens with zero attached hydrogens (tertiary/aromatic N) is 2. The maximum Gasteiger partial charge on any atom is 0.410 e. The van der Waals surface area contributed by atoms with Crippen molar-refractivity contribution in [1.82, 2.24) is 9.80 Å². The predicted octanol–water partition coefficient (Wildman–Crippen LogP) is 1.33. The van der Waals surface area contributed by atoms with Crippen molar-refractivity contribution in [3.05, 3.63) is 21.9 Å². The first-order valence-electron chi connectivity index (χ1n) is 5.93. The van der Waals surface area contributed by atoms with Crippen LogP contribution in [0.25, 0.3) is 0 Å². The molecule has 18 heavy (non-hydrogen) atoms. The molecule has 1 aromatic rings. The number of fused-ring (bicyclic) bond motifs is 1. The number of aryl methyl sites for hydroxylation is 1. The third kappa shape index (κ3) is 1.77. The van der Waals surface area contributed by atoms with E-state index in [2.05, 4.69) is 0 Å². The van der Waals surface area contributed by atoms with Gasteiger partial charge >= 0.3 is 6.09 Å². The SMILES string of the molecule is Cc1ccsc1C(=O)N1CCN2C(=O)OCC2C1. The average molecular weight is 266 g/mol. The number of hydrogen-bond donors (Lipinski definition) is 0. The highest BCUT2D eigenvalue weighted by atomic mass is 32.1. The van der Waals surface area contributed by atoms with Crippen molar-refractivity contribution in [2.45, 2.75) is 13.0 Å². The topological polar surface area (TPSA) is 49.9 Å². The zero-order valence-corrected chi connectivity index (χ0v) is 10.9. The molecule has 2 aliphatic heterocycles. The summed E-state index contributed by atoms with van der Waals surface area (Å²) in [6.07, 6.45) is -0.251. The van der Waals surface area contributed by atoms with Gasteiger partial charge in [0.15, 0.2) is 0 Å². The summed E-state index contributed by atoms with van der Waals surface area (Å²) in [6, 6.07) is 1.98. The number of ether oxygens (including phenoxy) is 1. The van der Waals surface area contributed by atoms with Crippen LogP contribution in [0.3, 0.4) is 0 Å². The van der Waals surface area contributed by atoms with E-state index in [1.807, 2.05) is 23.3 Å². The molecule has 0 N–H and O–H groups in total. The molecule has 6 heteroatoms. The molecule has 2 amide bonds. The quantitative estimate of drug-likeness (QED) is 0.770. The zero-order valence-electron chi connectivity index (χ0n) is 10.1. The molecular weight excluding hydrogens is 252 g/mol. The Hall–Kier alpha value is -1.56. The van der Waals surface area contributed by atoms with E-state index < -0.39 is 0 Å². The minimum atomic E-state index is -0.251. The second-order valence-electron chi connectivity index (χ2n) is 4.61. The summed E-state index contributed by atoms with van der Waals surface area (Å²) in [5.74, 6) is 0.0708. The highest BCUT2D eigenvalue weighted by molar-refractivity contribution is 7.12. The van der Waals surface area contributed by atoms with E-state index in [0.717, 1.165) is 10.4 Å². The molecule has 1 unspecified atom stereocenters. The van der Waals surface area contributed by atoms with Crippen molar-refractivity contribution in [3.8, 4) is 0 Å². The molecule has 96 valence electrons. The fourth-order valence-corrected chi connectivity index (χ4v) is 3.30. The van der Waals surface area contributed by atoms with Crippen molar-refractivity contribution in [3.63, 3.8) is 0 Å². The van der Waals surface area contributed by atoms with Gasteiger partial charge in [0.25, 0.3) is 5.91 Å². The molecule has 3 rings (SSSR count). The second kappa shape index (κ2) is 4.28. The van der Waals surface area contributed by atoms with E-state index in [1.165, 1.54) is 11.3 Å². The third-order valence-electron chi connectivity index (χ3n) is 3.46. The second-order valence-corrected chi connectivity index (χ2v) is 5.52. The Bertz CT molecular complexity index is 499. The van der Waals surface area contributed by atoms with E-state index >= 15 is 0 Å². The molecule has 0 aromatic carbocycles. The first kappa shape index (κ1) is 11.5. The van der Waals surface area contributed by atoms with E-state index in [9.17, 15) is 9.59 Å². The number of rotatable bonds is 1. The molecule has 3 heterocycles. The summed E-state index contributed by atoms with van der Waals surface area (Å²) in [6.45, 7) is 4.07. The van der Waals surface area contributed by atoms with Crippen molar-refractivity contribution in [2.75, 3.05) is 26.2 Å². The highest BCUT2D eigenvalue weighted by Gasteiger charge is 2.39. The number of thiophene rings is 1. The third-order valence-corrected chi connectivity index (χ3v) is 4.46. The molecule has 2 saturated heterocycles. The first-order chi connectivity index (χ1) is 8.66. The maximum absolute atomic E-state index is 12.3. The molecule has 1 atom stereocenters. The molecule has 0 radical (unpaired) electrons. The van der Waals surface area contributed by atoms with Crippen LogP contribution < -0.4 is 0 Å². The summed E-state index contributed by atoms with van der Waals surface area (Å²) in [5, 5.41) is 1.93. The normalized spacial score (nSPS) is 22.9. The van der Waals surface area contributed by atoms with Gasteiger partial charge in [-0.2, -0.15) is 0 Å². The molecule has 0 spiro atoms. The van der Waals surface area contributed by atoms with E-state index in [4.69, 9.17) is 4.74 Å². The molecule has 5 nitrogen and oxygen atoms in total. The van der Waals surface area contributed by atoms with Gasteiger partial charge in [-0.25, -0.2) is 4.79 Å². The number of carbonyl (C=O) groups excluding carboxylic acids is 2. The van der Waals surface area contributed by atoms with Crippen LogP contribution in [0, 0.1) is 6.92 Å². The van der Waals surface area contributed by atoms with Gasteiger partial charge < -0.3 is 9.64 Å². The van der Waals surface area contributed by atoms with Gasteiger partial charge in [-0.05, 0) is 23.9 Å². The van der Waals surface area contributed by atoms with Crippen LogP contribution >= 0.6 is 11.3 Å². The summed E-state index contributed by atoms with van der Waals surface area (Å²) in [5.41, 5.74) is 1.02. The van der Waals surface area contributed by atoms with Gasteiger partial charge in [0.1, 0.15) is 6.61 Å². The van der Waals surface area contributed by atoms with Crippen LogP contribution in [0.5, 0.6) is 0 Å². The van der Waals surface area contributed by atoms with E-state index in [0.29, 0.717) is 26.2 Å². The summed E-state index contributed by atoms with van der Waals surface area (Å²) >= 11 is 1.47. The standard InChI is InChI=1S/C12H14N2O3S/c1-8-2-5-18-10(8)11(15)13-3-4-14-9(6-13)7-17-12(14)16/h2,5,9H,3-4,6-7H2,1H3. The van der Waals surface area contributed by atoms with Crippen molar-refractivity contribution < 1.29 is 14.3 Å². The molecule has 0 saturated carbocycles. The lowest BCUT2D eigenvalue weighted by Crippen LogP contribution is -2.53. The smallest absolute Gasteiger partial charge is 0.410 e. The number of hydrogen-bond acceptors (Lipinski definition) is 4. The number of piperazine rings is 1. The lowest BCUT2D eigenvalue weighted by atomic mass is 10.2. The summed E-state index contributed by atoms with van der Waals surface area (Å²) in [7, 11) is 0. The fraction of sp³-hybridized carbons (Fsp3) is 0.500. The Morgan fingerprint density at radius 2 is 2.33 bits per heavy atom. The van der Waals surface area contributed by atoms with Crippen molar-refractivity contribution >= 4 is 23.3 Å². The molecule has 0 aliphatic carbocycles. The molecule has 0 bridgehead atoms. The van der Waals surface area contributed by atoms with Gasteiger partial charge in [0.05, 0.1) is 10.9 Å². The average Bonchev–Trinajstić information content (AvgIpc) is 2.95. The van der Waals surface area contributed by atoms with Crippen LogP contribution in [0.2, 0.25) is 0 Å². The van der Waals surface area contributed by atoms with Crippen LogP contribution in [0.4, 0.5) is 4.79 Å². The van der Waals surface area contributed by atoms with Crippen LogP contribution in [0.1, 0.15) is 15.2 Å². The van der Waals surface area contributed by atoms with Crippen LogP contribution in [-0.2, 0) is 4.74 Å². The predicted molar refractivity (Wildman–Crippen MR) is 66.8 cm³/mol. The number of amides is 2. The minimum Gasteiger partial charge on any atom is -0.447 e. The fourth-order valence-electron chi connectivity index (χ4n) is 2.41. The zero-order chi connectivity index (χ0) is 12.7. The van der Waals surface area contributed by atoms with Crippen LogP contribution in [-0.4, -0.2) is 54.1 Å². The number of carbonyl (C=O) groups is 2. The van der Waals surface area contributed by atoms with Gasteiger partial charge in [0.2, 0.25) is 0 Å². The maximum atomic E-state index is 12.3. The summed E-state index contributed by atoms with van der Waals surface area (Å²) in [4.78, 5) is 28.0. The summed E-state index contributed by atoms with van der Waals surface area (Å²) < 4.78 is 4.99. The van der Waals surface area contributed by atoms with E-state index in [-0.39, 0.29) is 18.0 Å². The molecule has 2 aliphatic rings. The van der Waals surface area contributed by atoms with Crippen LogP contribution in [0.15, 0.2) is 11.4 Å². The Morgan fingerprint density at radius 3 is 3.06 bits per heavy atom. The first-order valence-corrected chi connectivity index (χ1v) is 6.81. The highest BCUT2D eigenvalue weighted by Crippen LogP contribution is 2.22. The lowest BCUT2D eigenvalue weighted by molar-refractivity contribution is 0.0621. The monoisotopic (exact) mass is 266 g/mol. The molecule has 1 aromatic heterocycles. The van der Waals surface area contributed by atoms with Gasteiger partial charge in [0, 0.05) is 19.6 Å². The molecular formula is C12H14N2O3S. The van der Waals surface area contributed by atoms with Crippen molar-refractivity contribution in [1.29, 1.82) is 0 Å². The van der Waals surface area contributed by atoms with E-state index in [1.54, 1.807) is 4.90 Å². The Labute approximate surface area is 109 Å². The van der Waals surface area contributed by atoms with Gasteiger partial charge in [-0.1, -0.05) is 0 Å². The Balaban J connectivity index is 1.74. The Morgan fingerprint density at radius 1 is 1.50 bits per heavy atom. The van der Waals surface area contributed by atoms with Gasteiger partial charge in [-0.3, -0.25) is 9.69 Å². The van der Waals surface area contributed by atoms with Gasteiger partial charge in [-0.15, -0.1) is 11.3 Å².